The van der Waals surface area contributed by atoms with E-state index in [0.29, 0.717) is 22.9 Å². The maximum atomic E-state index is 10.6. The number of rotatable bonds is 6. The van der Waals surface area contributed by atoms with Gasteiger partial charge in [-0.05, 0) is 24.3 Å². The van der Waals surface area contributed by atoms with Crippen LogP contribution >= 0.6 is 22.9 Å². The van der Waals surface area contributed by atoms with Crippen molar-refractivity contribution in [2.24, 2.45) is 0 Å². The van der Waals surface area contributed by atoms with E-state index in [1.54, 1.807) is 24.3 Å². The molecule has 0 aliphatic heterocycles. The highest BCUT2D eigenvalue weighted by Gasteiger charge is 2.11. The van der Waals surface area contributed by atoms with Gasteiger partial charge < -0.3 is 4.74 Å². The number of aromatic nitrogens is 1. The zero-order valence-electron chi connectivity index (χ0n) is 12.2. The van der Waals surface area contributed by atoms with Gasteiger partial charge in [-0.3, -0.25) is 4.79 Å². The predicted octanol–water partition coefficient (Wildman–Crippen LogP) is 4.90. The summed E-state index contributed by atoms with van der Waals surface area (Å²) in [5.41, 5.74) is 2.54. The van der Waals surface area contributed by atoms with E-state index in [-0.39, 0.29) is 0 Å². The molecule has 0 bridgehead atoms. The molecular weight excluding hydrogens is 330 g/mol. The minimum atomic E-state index is 0.484. The van der Waals surface area contributed by atoms with E-state index in [0.717, 1.165) is 28.3 Å². The Morgan fingerprint density at radius 1 is 1.09 bits per heavy atom. The number of carbonyl (C=O) groups is 1. The number of carbonyl (C=O) groups excluding carboxylic acids is 1. The van der Waals surface area contributed by atoms with Crippen molar-refractivity contribution in [1.82, 2.24) is 4.98 Å². The number of thiazole rings is 1. The molecule has 0 saturated heterocycles. The molecule has 116 valence electrons. The number of hydrogen-bond donors (Lipinski definition) is 0. The molecule has 0 atom stereocenters. The molecule has 0 fully saturated rings. The van der Waals surface area contributed by atoms with Gasteiger partial charge in [0.05, 0.1) is 12.3 Å². The summed E-state index contributed by atoms with van der Waals surface area (Å²) in [5.74, 6) is 0.727. The SMILES string of the molecule is O=Cc1ccc(OCCc2nc(-c3ccccc3)sc2Cl)cc1. The van der Waals surface area contributed by atoms with Gasteiger partial charge in [0.2, 0.25) is 0 Å². The molecule has 5 heteroatoms. The van der Waals surface area contributed by atoms with Gasteiger partial charge in [0, 0.05) is 17.5 Å². The standard InChI is InChI=1S/C18H14ClNO2S/c19-17-16(20-18(23-17)14-4-2-1-3-5-14)10-11-22-15-8-6-13(12-21)7-9-15/h1-9,12H,10-11H2. The molecule has 1 heterocycles. The zero-order valence-corrected chi connectivity index (χ0v) is 13.8. The first-order chi connectivity index (χ1) is 11.3. The molecule has 0 aliphatic rings. The third-order valence-corrected chi connectivity index (χ3v) is 4.68. The normalized spacial score (nSPS) is 10.5. The lowest BCUT2D eigenvalue weighted by Gasteiger charge is -2.05. The van der Waals surface area contributed by atoms with Gasteiger partial charge in [-0.15, -0.1) is 11.3 Å². The lowest BCUT2D eigenvalue weighted by atomic mass is 10.2. The molecule has 0 N–H and O–H groups in total. The highest BCUT2D eigenvalue weighted by molar-refractivity contribution is 7.19. The summed E-state index contributed by atoms with van der Waals surface area (Å²) in [6.07, 6.45) is 1.45. The lowest BCUT2D eigenvalue weighted by Crippen LogP contribution is -2.02. The van der Waals surface area contributed by atoms with Gasteiger partial charge >= 0.3 is 0 Å². The van der Waals surface area contributed by atoms with Crippen LogP contribution in [-0.4, -0.2) is 17.9 Å². The smallest absolute Gasteiger partial charge is 0.150 e. The average molecular weight is 344 g/mol. The number of halogens is 1. The Morgan fingerprint density at radius 3 is 2.52 bits per heavy atom. The van der Waals surface area contributed by atoms with Gasteiger partial charge in [0.25, 0.3) is 0 Å². The third kappa shape index (κ3) is 3.97. The second kappa shape index (κ2) is 7.40. The van der Waals surface area contributed by atoms with Crippen LogP contribution in [0.2, 0.25) is 4.34 Å². The van der Waals surface area contributed by atoms with Crippen LogP contribution in [0.3, 0.4) is 0 Å². The fourth-order valence-electron chi connectivity index (χ4n) is 2.10. The Hall–Kier alpha value is -2.17. The van der Waals surface area contributed by atoms with E-state index in [9.17, 15) is 4.79 Å². The number of nitrogens with zero attached hydrogens (tertiary/aromatic N) is 1. The molecule has 1 aromatic heterocycles. The molecule has 0 unspecified atom stereocenters. The molecule has 0 amide bonds. The van der Waals surface area contributed by atoms with Crippen LogP contribution in [0, 0.1) is 0 Å². The average Bonchev–Trinajstić information content (AvgIpc) is 2.97. The maximum Gasteiger partial charge on any atom is 0.150 e. The minimum absolute atomic E-state index is 0.484. The summed E-state index contributed by atoms with van der Waals surface area (Å²) in [7, 11) is 0. The molecule has 3 nitrogen and oxygen atoms in total. The predicted molar refractivity (Wildman–Crippen MR) is 93.6 cm³/mol. The highest BCUT2D eigenvalue weighted by atomic mass is 35.5. The van der Waals surface area contributed by atoms with Gasteiger partial charge in [-0.2, -0.15) is 0 Å². The molecule has 3 aromatic rings. The Balaban J connectivity index is 1.62. The van der Waals surface area contributed by atoms with E-state index < -0.39 is 0 Å². The van der Waals surface area contributed by atoms with Crippen LogP contribution in [0.4, 0.5) is 0 Å². The number of aldehydes is 1. The van der Waals surface area contributed by atoms with Crippen molar-refractivity contribution in [1.29, 1.82) is 0 Å². The fourth-order valence-corrected chi connectivity index (χ4v) is 3.30. The summed E-state index contributed by atoms with van der Waals surface area (Å²) in [4.78, 5) is 15.2. The molecule has 3 rings (SSSR count). The van der Waals surface area contributed by atoms with Crippen molar-refractivity contribution in [3.8, 4) is 16.3 Å². The Kier molecular flexibility index (Phi) is 5.05. The summed E-state index contributed by atoms with van der Waals surface area (Å²) in [6.45, 7) is 0.484. The van der Waals surface area contributed by atoms with Crippen LogP contribution in [0.25, 0.3) is 10.6 Å². The second-order valence-corrected chi connectivity index (χ2v) is 6.49. The van der Waals surface area contributed by atoms with Crippen molar-refractivity contribution in [3.63, 3.8) is 0 Å². The molecule has 0 saturated carbocycles. The molecule has 0 aliphatic carbocycles. The summed E-state index contributed by atoms with van der Waals surface area (Å²) in [5, 5.41) is 0.918. The monoisotopic (exact) mass is 343 g/mol. The lowest BCUT2D eigenvalue weighted by molar-refractivity contribution is 0.112. The molecule has 0 spiro atoms. The van der Waals surface area contributed by atoms with E-state index in [1.165, 1.54) is 11.3 Å². The summed E-state index contributed by atoms with van der Waals surface area (Å²) in [6, 6.07) is 17.0. The third-order valence-electron chi connectivity index (χ3n) is 3.29. The van der Waals surface area contributed by atoms with Crippen LogP contribution in [0.5, 0.6) is 5.75 Å². The molecule has 0 radical (unpaired) electrons. The van der Waals surface area contributed by atoms with Crippen LogP contribution < -0.4 is 4.74 Å². The van der Waals surface area contributed by atoms with Gasteiger partial charge in [-0.25, -0.2) is 4.98 Å². The van der Waals surface area contributed by atoms with Gasteiger partial charge in [-0.1, -0.05) is 41.9 Å². The Labute approximate surface area is 143 Å². The number of ether oxygens (including phenoxy) is 1. The minimum Gasteiger partial charge on any atom is -0.493 e. The Bertz CT molecular complexity index is 785. The van der Waals surface area contributed by atoms with Crippen molar-refractivity contribution in [2.75, 3.05) is 6.61 Å². The fraction of sp³-hybridized carbons (Fsp3) is 0.111. The number of benzene rings is 2. The van der Waals surface area contributed by atoms with E-state index in [1.807, 2.05) is 30.3 Å². The topological polar surface area (TPSA) is 39.2 Å². The van der Waals surface area contributed by atoms with Crippen LogP contribution in [0.15, 0.2) is 54.6 Å². The quantitative estimate of drug-likeness (QED) is 0.598. The van der Waals surface area contributed by atoms with Crippen LogP contribution in [0.1, 0.15) is 16.1 Å². The zero-order chi connectivity index (χ0) is 16.1. The highest BCUT2D eigenvalue weighted by Crippen LogP contribution is 2.31. The molecule has 2 aromatic carbocycles. The maximum absolute atomic E-state index is 10.6. The van der Waals surface area contributed by atoms with Gasteiger partial charge in [0.1, 0.15) is 21.4 Å². The van der Waals surface area contributed by atoms with E-state index in [2.05, 4.69) is 4.98 Å². The molecule has 23 heavy (non-hydrogen) atoms. The van der Waals surface area contributed by atoms with Crippen LogP contribution in [-0.2, 0) is 6.42 Å². The van der Waals surface area contributed by atoms with Crippen molar-refractivity contribution in [2.45, 2.75) is 6.42 Å². The van der Waals surface area contributed by atoms with Gasteiger partial charge in [0.15, 0.2) is 0 Å². The first kappa shape index (κ1) is 15.7. The van der Waals surface area contributed by atoms with Crippen molar-refractivity contribution >= 4 is 29.2 Å². The van der Waals surface area contributed by atoms with Crippen molar-refractivity contribution < 1.29 is 9.53 Å². The number of hydrogen-bond acceptors (Lipinski definition) is 4. The first-order valence-electron chi connectivity index (χ1n) is 7.15. The Morgan fingerprint density at radius 2 is 1.83 bits per heavy atom. The van der Waals surface area contributed by atoms with E-state index >= 15 is 0 Å². The first-order valence-corrected chi connectivity index (χ1v) is 8.34. The molecular formula is C18H14ClNO2S. The summed E-state index contributed by atoms with van der Waals surface area (Å²) < 4.78 is 6.37. The summed E-state index contributed by atoms with van der Waals surface area (Å²) >= 11 is 7.76. The van der Waals surface area contributed by atoms with Crippen molar-refractivity contribution in [3.05, 3.63) is 70.2 Å². The van der Waals surface area contributed by atoms with E-state index in [4.69, 9.17) is 16.3 Å². The largest absolute Gasteiger partial charge is 0.493 e. The second-order valence-electron chi connectivity index (χ2n) is 4.89.